The topological polar surface area (TPSA) is 55.9 Å². The van der Waals surface area contributed by atoms with Gasteiger partial charge in [-0.2, -0.15) is 0 Å². The van der Waals surface area contributed by atoms with Crippen LogP contribution in [0.4, 0.5) is 0 Å². The fraction of sp³-hybridized carbons (Fsp3) is 0.625. The quantitative estimate of drug-likeness (QED) is 0.425. The van der Waals surface area contributed by atoms with Crippen LogP contribution in [0.3, 0.4) is 0 Å². The molecule has 0 saturated heterocycles. The molecule has 0 saturated carbocycles. The van der Waals surface area contributed by atoms with E-state index in [4.69, 9.17) is 17.4 Å². The van der Waals surface area contributed by atoms with Gasteiger partial charge in [-0.25, -0.2) is 10.4 Å². The highest BCUT2D eigenvalue weighted by Gasteiger charge is 2.12. The molecular formula is C8H15ClN4. The van der Waals surface area contributed by atoms with Gasteiger partial charge in [0.1, 0.15) is 5.82 Å². The van der Waals surface area contributed by atoms with E-state index in [1.807, 2.05) is 17.8 Å². The van der Waals surface area contributed by atoms with Gasteiger partial charge in [-0.1, -0.05) is 0 Å². The first kappa shape index (κ1) is 10.5. The van der Waals surface area contributed by atoms with Crippen LogP contribution >= 0.6 is 11.6 Å². The van der Waals surface area contributed by atoms with Crippen molar-refractivity contribution in [2.45, 2.75) is 18.9 Å². The molecule has 1 atom stereocenters. The van der Waals surface area contributed by atoms with Crippen LogP contribution in [0.1, 0.15) is 24.7 Å². The number of nitrogens with zero attached hydrogens (tertiary/aromatic N) is 2. The summed E-state index contributed by atoms with van der Waals surface area (Å²) < 4.78 is 1.96. The number of rotatable bonds is 5. The van der Waals surface area contributed by atoms with Crippen molar-refractivity contribution in [2.24, 2.45) is 12.9 Å². The van der Waals surface area contributed by atoms with Crippen LogP contribution in [0.15, 0.2) is 12.4 Å². The molecule has 1 rings (SSSR count). The van der Waals surface area contributed by atoms with Gasteiger partial charge in [0.2, 0.25) is 0 Å². The van der Waals surface area contributed by atoms with E-state index in [1.54, 1.807) is 6.20 Å². The lowest BCUT2D eigenvalue weighted by molar-refractivity contribution is 0.474. The summed E-state index contributed by atoms with van der Waals surface area (Å²) >= 11 is 5.61. The number of nitrogens with one attached hydrogen (secondary N) is 1. The van der Waals surface area contributed by atoms with Gasteiger partial charge < -0.3 is 4.57 Å². The van der Waals surface area contributed by atoms with E-state index in [0.717, 1.165) is 18.7 Å². The molecule has 0 aliphatic heterocycles. The summed E-state index contributed by atoms with van der Waals surface area (Å²) in [6.45, 7) is 0. The minimum absolute atomic E-state index is 0.0961. The highest BCUT2D eigenvalue weighted by Crippen LogP contribution is 2.14. The summed E-state index contributed by atoms with van der Waals surface area (Å²) in [6.07, 6.45) is 5.51. The zero-order valence-electron chi connectivity index (χ0n) is 7.70. The lowest BCUT2D eigenvalue weighted by atomic mass is 10.1. The number of hydrazine groups is 1. The van der Waals surface area contributed by atoms with E-state index in [0.29, 0.717) is 5.88 Å². The number of alkyl halides is 1. The summed E-state index contributed by atoms with van der Waals surface area (Å²) in [5, 5.41) is 0. The van der Waals surface area contributed by atoms with Crippen molar-refractivity contribution in [1.29, 1.82) is 0 Å². The number of imidazole rings is 1. The Balaban J connectivity index is 2.61. The molecule has 0 bridgehead atoms. The van der Waals surface area contributed by atoms with Crippen LogP contribution in [-0.4, -0.2) is 15.4 Å². The smallest absolute Gasteiger partial charge is 0.126 e. The predicted molar refractivity (Wildman–Crippen MR) is 53.2 cm³/mol. The third-order valence-corrected chi connectivity index (χ3v) is 2.26. The summed E-state index contributed by atoms with van der Waals surface area (Å²) in [7, 11) is 1.95. The van der Waals surface area contributed by atoms with Gasteiger partial charge >= 0.3 is 0 Å². The second kappa shape index (κ2) is 5.21. The third-order valence-electron chi connectivity index (χ3n) is 2.00. The van der Waals surface area contributed by atoms with Crippen LogP contribution in [0.25, 0.3) is 0 Å². The standard InChI is InChI=1S/C8H15ClN4/c1-13-6-5-11-8(13)7(12-10)3-2-4-9/h5-7,12H,2-4,10H2,1H3. The zero-order valence-corrected chi connectivity index (χ0v) is 8.46. The van der Waals surface area contributed by atoms with Gasteiger partial charge in [0.25, 0.3) is 0 Å². The van der Waals surface area contributed by atoms with Crippen molar-refractivity contribution in [2.75, 3.05) is 5.88 Å². The Morgan fingerprint density at radius 1 is 1.77 bits per heavy atom. The summed E-state index contributed by atoms with van der Waals surface area (Å²) in [6, 6.07) is 0.0961. The monoisotopic (exact) mass is 202 g/mol. The lowest BCUT2D eigenvalue weighted by Gasteiger charge is -2.14. The van der Waals surface area contributed by atoms with Crippen molar-refractivity contribution in [3.63, 3.8) is 0 Å². The van der Waals surface area contributed by atoms with Crippen molar-refractivity contribution in [1.82, 2.24) is 15.0 Å². The molecule has 1 aromatic heterocycles. The lowest BCUT2D eigenvalue weighted by Crippen LogP contribution is -2.30. The number of aromatic nitrogens is 2. The highest BCUT2D eigenvalue weighted by molar-refractivity contribution is 6.17. The average Bonchev–Trinajstić information content (AvgIpc) is 2.54. The molecule has 0 aliphatic rings. The first-order valence-electron chi connectivity index (χ1n) is 4.29. The van der Waals surface area contributed by atoms with Crippen LogP contribution in [0.2, 0.25) is 0 Å². The fourth-order valence-corrected chi connectivity index (χ4v) is 1.44. The summed E-state index contributed by atoms with van der Waals surface area (Å²) in [4.78, 5) is 4.22. The molecule has 0 amide bonds. The van der Waals surface area contributed by atoms with Crippen molar-refractivity contribution in [3.8, 4) is 0 Å². The first-order chi connectivity index (χ1) is 6.29. The molecule has 3 N–H and O–H groups in total. The molecule has 1 heterocycles. The van der Waals surface area contributed by atoms with Gasteiger partial charge in [0.05, 0.1) is 6.04 Å². The second-order valence-electron chi connectivity index (χ2n) is 2.95. The van der Waals surface area contributed by atoms with E-state index < -0.39 is 0 Å². The summed E-state index contributed by atoms with van der Waals surface area (Å²) in [5.41, 5.74) is 2.74. The maximum atomic E-state index is 5.61. The number of nitrogens with two attached hydrogens (primary N) is 1. The Morgan fingerprint density at radius 3 is 3.00 bits per heavy atom. The molecule has 13 heavy (non-hydrogen) atoms. The van der Waals surface area contributed by atoms with Crippen molar-refractivity contribution < 1.29 is 0 Å². The first-order valence-corrected chi connectivity index (χ1v) is 4.82. The fourth-order valence-electron chi connectivity index (χ4n) is 1.28. The molecule has 0 aromatic carbocycles. The molecule has 74 valence electrons. The molecule has 1 aromatic rings. The maximum Gasteiger partial charge on any atom is 0.126 e. The van der Waals surface area contributed by atoms with E-state index in [9.17, 15) is 0 Å². The Hall–Kier alpha value is -0.580. The normalized spacial score (nSPS) is 13.2. The molecule has 0 aliphatic carbocycles. The molecule has 4 nitrogen and oxygen atoms in total. The van der Waals surface area contributed by atoms with Gasteiger partial charge in [0, 0.05) is 25.3 Å². The second-order valence-corrected chi connectivity index (χ2v) is 3.32. The van der Waals surface area contributed by atoms with Crippen LogP contribution in [-0.2, 0) is 7.05 Å². The van der Waals surface area contributed by atoms with Crippen molar-refractivity contribution in [3.05, 3.63) is 18.2 Å². The van der Waals surface area contributed by atoms with Crippen LogP contribution in [0.5, 0.6) is 0 Å². The van der Waals surface area contributed by atoms with E-state index in [2.05, 4.69) is 10.4 Å². The average molecular weight is 203 g/mol. The molecule has 1 unspecified atom stereocenters. The molecular weight excluding hydrogens is 188 g/mol. The van der Waals surface area contributed by atoms with Gasteiger partial charge in [-0.05, 0) is 12.8 Å². The van der Waals surface area contributed by atoms with Gasteiger partial charge in [0.15, 0.2) is 0 Å². The Kier molecular flexibility index (Phi) is 4.21. The highest BCUT2D eigenvalue weighted by atomic mass is 35.5. The van der Waals surface area contributed by atoms with Gasteiger partial charge in [-0.3, -0.25) is 5.84 Å². The number of aryl methyl sites for hydroxylation is 1. The SMILES string of the molecule is Cn1ccnc1C(CCCCl)NN. The van der Waals surface area contributed by atoms with E-state index >= 15 is 0 Å². The van der Waals surface area contributed by atoms with Crippen molar-refractivity contribution >= 4 is 11.6 Å². The molecule has 5 heteroatoms. The largest absolute Gasteiger partial charge is 0.337 e. The number of hydrogen-bond acceptors (Lipinski definition) is 3. The van der Waals surface area contributed by atoms with E-state index in [1.165, 1.54) is 0 Å². The molecule has 0 radical (unpaired) electrons. The Bertz CT molecular complexity index is 248. The predicted octanol–water partition coefficient (Wildman–Crippen LogP) is 0.943. The van der Waals surface area contributed by atoms with Gasteiger partial charge in [-0.15, -0.1) is 11.6 Å². The minimum Gasteiger partial charge on any atom is -0.337 e. The van der Waals surface area contributed by atoms with Crippen LogP contribution < -0.4 is 11.3 Å². The van der Waals surface area contributed by atoms with Crippen LogP contribution in [0, 0.1) is 0 Å². The Labute approximate surface area is 83.1 Å². The molecule has 0 fully saturated rings. The molecule has 0 spiro atoms. The number of hydrogen-bond donors (Lipinski definition) is 2. The third kappa shape index (κ3) is 2.69. The van der Waals surface area contributed by atoms with E-state index in [-0.39, 0.29) is 6.04 Å². The summed E-state index contributed by atoms with van der Waals surface area (Å²) in [5.74, 6) is 7.03. The maximum absolute atomic E-state index is 5.61. The number of halogens is 1. The Morgan fingerprint density at radius 2 is 2.54 bits per heavy atom. The minimum atomic E-state index is 0.0961. The zero-order chi connectivity index (χ0) is 9.68.